The molecule has 0 bridgehead atoms. The molecule has 0 radical (unpaired) electrons. The molecule has 2 amide bonds. The van der Waals surface area contributed by atoms with E-state index < -0.39 is 16.7 Å². The van der Waals surface area contributed by atoms with Crippen molar-refractivity contribution in [1.82, 2.24) is 10.6 Å². The van der Waals surface area contributed by atoms with Crippen LogP contribution in [0.3, 0.4) is 0 Å². The zero-order valence-corrected chi connectivity index (χ0v) is 19.8. The molecule has 9 nitrogen and oxygen atoms in total. The summed E-state index contributed by atoms with van der Waals surface area (Å²) < 4.78 is 11.0. The molecule has 3 aromatic rings. The van der Waals surface area contributed by atoms with Crippen LogP contribution in [0.15, 0.2) is 66.7 Å². The highest BCUT2D eigenvalue weighted by molar-refractivity contribution is 6.32. The van der Waals surface area contributed by atoms with Gasteiger partial charge >= 0.3 is 0 Å². The Kier molecular flexibility index (Phi) is 9.28. The summed E-state index contributed by atoms with van der Waals surface area (Å²) in [6.07, 6.45) is 0. The second-order valence-electron chi connectivity index (χ2n) is 7.10. The Morgan fingerprint density at radius 2 is 1.20 bits per heavy atom. The Bertz CT molecular complexity index is 1140. The molecule has 0 fully saturated rings. The molecule has 0 heterocycles. The Labute approximate surface area is 211 Å². The van der Waals surface area contributed by atoms with Gasteiger partial charge in [-0.3, -0.25) is 19.7 Å². The van der Waals surface area contributed by atoms with Gasteiger partial charge in [0.15, 0.2) is 0 Å². The maximum atomic E-state index is 12.5. The van der Waals surface area contributed by atoms with Crippen molar-refractivity contribution in [3.05, 3.63) is 98.0 Å². The highest BCUT2D eigenvalue weighted by Crippen LogP contribution is 2.23. The van der Waals surface area contributed by atoms with E-state index in [4.69, 9.17) is 32.7 Å². The van der Waals surface area contributed by atoms with Gasteiger partial charge in [0.05, 0.1) is 28.1 Å². The maximum Gasteiger partial charge on any atom is 0.271 e. The van der Waals surface area contributed by atoms with Crippen molar-refractivity contribution in [3.63, 3.8) is 0 Å². The summed E-state index contributed by atoms with van der Waals surface area (Å²) in [6, 6.07) is 17.3. The minimum Gasteiger partial charge on any atom is -0.490 e. The molecule has 0 aliphatic heterocycles. The van der Waals surface area contributed by atoms with Crippen LogP contribution in [0, 0.1) is 10.1 Å². The number of halogens is 2. The second-order valence-corrected chi connectivity index (χ2v) is 7.91. The molecular weight excluding hydrogens is 497 g/mol. The second kappa shape index (κ2) is 12.6. The molecule has 0 saturated heterocycles. The van der Waals surface area contributed by atoms with Gasteiger partial charge in [-0.1, -0.05) is 47.5 Å². The van der Waals surface area contributed by atoms with Crippen molar-refractivity contribution in [3.8, 4) is 11.5 Å². The first-order valence-electron chi connectivity index (χ1n) is 10.5. The number of para-hydroxylation sites is 2. The van der Waals surface area contributed by atoms with Gasteiger partial charge in [0.25, 0.3) is 17.5 Å². The molecule has 2 N–H and O–H groups in total. The topological polar surface area (TPSA) is 120 Å². The van der Waals surface area contributed by atoms with Gasteiger partial charge in [-0.2, -0.15) is 0 Å². The number of ether oxygens (including phenoxy) is 2. The van der Waals surface area contributed by atoms with E-state index in [-0.39, 0.29) is 43.1 Å². The molecule has 0 spiro atoms. The van der Waals surface area contributed by atoms with Crippen LogP contribution in [0.5, 0.6) is 11.5 Å². The van der Waals surface area contributed by atoms with Gasteiger partial charge < -0.3 is 20.1 Å². The van der Waals surface area contributed by atoms with Crippen LogP contribution in [0.2, 0.25) is 10.0 Å². The number of hydrogen-bond acceptors (Lipinski definition) is 6. The van der Waals surface area contributed by atoms with E-state index in [9.17, 15) is 19.7 Å². The molecule has 0 unspecified atom stereocenters. The number of hydrogen-bond donors (Lipinski definition) is 2. The Morgan fingerprint density at radius 1 is 0.771 bits per heavy atom. The molecule has 0 aromatic heterocycles. The zero-order valence-electron chi connectivity index (χ0n) is 18.3. The van der Waals surface area contributed by atoms with Gasteiger partial charge in [-0.05, 0) is 30.3 Å². The minimum atomic E-state index is -0.672. The number of rotatable bonds is 11. The average Bonchev–Trinajstić information content (AvgIpc) is 2.85. The lowest BCUT2D eigenvalue weighted by Gasteiger charge is -2.11. The fourth-order valence-corrected chi connectivity index (χ4v) is 3.34. The lowest BCUT2D eigenvalue weighted by atomic mass is 10.1. The number of carbonyl (C=O) groups is 2. The summed E-state index contributed by atoms with van der Waals surface area (Å²) in [5.74, 6) is -0.243. The summed E-state index contributed by atoms with van der Waals surface area (Å²) in [7, 11) is 0. The number of nitrogens with one attached hydrogen (secondary N) is 2. The monoisotopic (exact) mass is 517 g/mol. The Hall–Kier alpha value is -3.82. The SMILES string of the molecule is O=C(NCCOc1ccccc1Cl)c1cc(C(=O)NCCOc2ccccc2Cl)cc([N+](=O)[O-])c1. The van der Waals surface area contributed by atoms with Crippen molar-refractivity contribution in [2.45, 2.75) is 0 Å². The molecule has 0 aliphatic rings. The van der Waals surface area contributed by atoms with E-state index in [0.717, 1.165) is 12.1 Å². The number of non-ortho nitro benzene ring substituents is 1. The predicted octanol–water partition coefficient (Wildman–Crippen LogP) is 4.52. The molecular formula is C24H21Cl2N3O6. The quantitative estimate of drug-likeness (QED) is 0.219. The zero-order chi connectivity index (χ0) is 25.2. The third kappa shape index (κ3) is 7.59. The smallest absolute Gasteiger partial charge is 0.271 e. The van der Waals surface area contributed by atoms with Crippen LogP contribution in [-0.2, 0) is 0 Å². The minimum absolute atomic E-state index is 0.0330. The average molecular weight is 518 g/mol. The van der Waals surface area contributed by atoms with Gasteiger partial charge in [0, 0.05) is 23.3 Å². The van der Waals surface area contributed by atoms with E-state index >= 15 is 0 Å². The Balaban J connectivity index is 1.56. The van der Waals surface area contributed by atoms with Crippen LogP contribution in [0.4, 0.5) is 5.69 Å². The fraction of sp³-hybridized carbons (Fsp3) is 0.167. The van der Waals surface area contributed by atoms with Crippen molar-refractivity contribution in [1.29, 1.82) is 0 Å². The molecule has 0 aliphatic carbocycles. The number of nitrogens with zero attached hydrogens (tertiary/aromatic N) is 1. The molecule has 0 saturated carbocycles. The van der Waals surface area contributed by atoms with E-state index in [1.54, 1.807) is 48.5 Å². The van der Waals surface area contributed by atoms with E-state index in [2.05, 4.69) is 10.6 Å². The first kappa shape index (κ1) is 25.8. The van der Waals surface area contributed by atoms with Crippen molar-refractivity contribution in [2.24, 2.45) is 0 Å². The van der Waals surface area contributed by atoms with Gasteiger partial charge in [0.2, 0.25) is 0 Å². The molecule has 182 valence electrons. The summed E-state index contributed by atoms with van der Waals surface area (Å²) >= 11 is 12.0. The summed E-state index contributed by atoms with van der Waals surface area (Å²) in [5.41, 5.74) is -0.453. The summed E-state index contributed by atoms with van der Waals surface area (Å²) in [4.78, 5) is 35.7. The normalized spacial score (nSPS) is 10.3. The van der Waals surface area contributed by atoms with Crippen LogP contribution in [0.25, 0.3) is 0 Å². The fourth-order valence-electron chi connectivity index (χ4n) is 2.96. The number of carbonyl (C=O) groups excluding carboxylic acids is 2. The maximum absolute atomic E-state index is 12.5. The largest absolute Gasteiger partial charge is 0.490 e. The van der Waals surface area contributed by atoms with Gasteiger partial charge in [0.1, 0.15) is 24.7 Å². The van der Waals surface area contributed by atoms with Crippen molar-refractivity contribution < 1.29 is 24.0 Å². The third-order valence-corrected chi connectivity index (χ3v) is 5.24. The van der Waals surface area contributed by atoms with E-state index in [1.807, 2.05) is 0 Å². The van der Waals surface area contributed by atoms with Crippen LogP contribution in [-0.4, -0.2) is 43.0 Å². The van der Waals surface area contributed by atoms with Crippen molar-refractivity contribution in [2.75, 3.05) is 26.3 Å². The molecule has 3 aromatic carbocycles. The highest BCUT2D eigenvalue weighted by atomic mass is 35.5. The summed E-state index contributed by atoms with van der Waals surface area (Å²) in [5, 5.41) is 17.4. The molecule has 0 atom stereocenters. The van der Waals surface area contributed by atoms with E-state index in [1.165, 1.54) is 6.07 Å². The van der Waals surface area contributed by atoms with Crippen LogP contribution in [0.1, 0.15) is 20.7 Å². The van der Waals surface area contributed by atoms with Gasteiger partial charge in [-0.25, -0.2) is 0 Å². The van der Waals surface area contributed by atoms with E-state index in [0.29, 0.717) is 21.5 Å². The first-order valence-corrected chi connectivity index (χ1v) is 11.2. The molecule has 35 heavy (non-hydrogen) atoms. The molecule has 11 heteroatoms. The number of nitro benzene ring substituents is 1. The molecule has 3 rings (SSSR count). The predicted molar refractivity (Wildman–Crippen MR) is 132 cm³/mol. The third-order valence-electron chi connectivity index (χ3n) is 4.62. The van der Waals surface area contributed by atoms with Gasteiger partial charge in [-0.15, -0.1) is 0 Å². The van der Waals surface area contributed by atoms with Crippen LogP contribution >= 0.6 is 23.2 Å². The number of nitro groups is 1. The van der Waals surface area contributed by atoms with Crippen molar-refractivity contribution >= 4 is 40.7 Å². The summed E-state index contributed by atoms with van der Waals surface area (Å²) in [6.45, 7) is 0.494. The lowest BCUT2D eigenvalue weighted by molar-refractivity contribution is -0.384. The Morgan fingerprint density at radius 3 is 1.60 bits per heavy atom. The number of benzene rings is 3. The standard InChI is InChI=1S/C24H21Cl2N3O6/c25-19-5-1-3-7-21(19)34-11-9-27-23(30)16-13-17(15-18(14-16)29(32)33)24(31)28-10-12-35-22-8-4-2-6-20(22)26/h1-8,13-15H,9-12H2,(H,27,30)(H,28,31). The lowest BCUT2D eigenvalue weighted by Crippen LogP contribution is -2.30. The first-order chi connectivity index (χ1) is 16.8. The van der Waals surface area contributed by atoms with Crippen LogP contribution < -0.4 is 20.1 Å². The highest BCUT2D eigenvalue weighted by Gasteiger charge is 2.18. The number of amides is 2.